The Balaban J connectivity index is 1.69. The molecule has 1 atom stereocenters. The van der Waals surface area contributed by atoms with E-state index in [1.54, 1.807) is 0 Å². The van der Waals surface area contributed by atoms with Crippen molar-refractivity contribution in [2.75, 3.05) is 52.9 Å². The van der Waals surface area contributed by atoms with Gasteiger partial charge < -0.3 is 23.7 Å². The van der Waals surface area contributed by atoms with Crippen molar-refractivity contribution in [1.82, 2.24) is 0 Å². The molecule has 0 bridgehead atoms. The average Bonchev–Trinajstić information content (AvgIpc) is 2.57. The molecule has 0 aliphatic carbocycles. The highest BCUT2D eigenvalue weighted by atomic mass is 79.9. The van der Waals surface area contributed by atoms with Crippen LogP contribution >= 0.6 is 15.9 Å². The number of alkyl halides is 1. The van der Waals surface area contributed by atoms with Gasteiger partial charge >= 0.3 is 0 Å². The first-order chi connectivity index (χ1) is 11.4. The van der Waals surface area contributed by atoms with Crippen molar-refractivity contribution in [3.05, 3.63) is 35.4 Å². The van der Waals surface area contributed by atoms with Crippen LogP contribution in [0.5, 0.6) is 0 Å². The van der Waals surface area contributed by atoms with Gasteiger partial charge in [-0.3, -0.25) is 0 Å². The first-order valence-corrected chi connectivity index (χ1v) is 9.07. The lowest BCUT2D eigenvalue weighted by atomic mass is 10.2. The second kappa shape index (κ2) is 11.9. The first-order valence-electron chi connectivity index (χ1n) is 7.95. The summed E-state index contributed by atoms with van der Waals surface area (Å²) in [4.78, 5) is 0. The average molecular weight is 389 g/mol. The molecule has 23 heavy (non-hydrogen) atoms. The van der Waals surface area contributed by atoms with Gasteiger partial charge in [0.05, 0.1) is 59.5 Å². The maximum atomic E-state index is 5.77. The zero-order chi connectivity index (χ0) is 16.2. The quantitative estimate of drug-likeness (QED) is 0.725. The Kier molecular flexibility index (Phi) is 9.78. The molecule has 1 heterocycles. The largest absolute Gasteiger partial charge is 0.377 e. The van der Waals surface area contributed by atoms with Crippen LogP contribution in [0, 0.1) is 0 Å². The van der Waals surface area contributed by atoms with E-state index < -0.39 is 0 Å². The van der Waals surface area contributed by atoms with Gasteiger partial charge in [0, 0.05) is 5.33 Å². The Morgan fingerprint density at radius 2 is 1.48 bits per heavy atom. The topological polar surface area (TPSA) is 46.2 Å². The molecule has 1 aliphatic rings. The highest BCUT2D eigenvalue weighted by Crippen LogP contribution is 2.09. The molecule has 2 rings (SSSR count). The molecule has 1 saturated heterocycles. The summed E-state index contributed by atoms with van der Waals surface area (Å²) in [6.45, 7) is 5.02. The minimum absolute atomic E-state index is 0.0835. The standard InChI is InChI=1S/C17H25BrO5/c18-11-15-1-3-16(4-2-15)12-22-14-17-13-21-8-7-19-5-6-20-9-10-23-17/h1-4,17H,5-14H2. The second-order valence-electron chi connectivity index (χ2n) is 5.26. The normalized spacial score (nSPS) is 21.3. The van der Waals surface area contributed by atoms with Crippen LogP contribution in [0.3, 0.4) is 0 Å². The summed E-state index contributed by atoms with van der Waals surface area (Å²) in [5.74, 6) is 0. The van der Waals surface area contributed by atoms with Crippen molar-refractivity contribution in [2.24, 2.45) is 0 Å². The molecule has 1 aromatic carbocycles. The minimum Gasteiger partial charge on any atom is -0.377 e. The van der Waals surface area contributed by atoms with Gasteiger partial charge in [-0.2, -0.15) is 0 Å². The highest BCUT2D eigenvalue weighted by Gasteiger charge is 2.11. The third kappa shape index (κ3) is 8.24. The van der Waals surface area contributed by atoms with E-state index in [9.17, 15) is 0 Å². The van der Waals surface area contributed by atoms with Crippen molar-refractivity contribution >= 4 is 15.9 Å². The second-order valence-corrected chi connectivity index (χ2v) is 5.82. The molecule has 5 nitrogen and oxygen atoms in total. The summed E-state index contributed by atoms with van der Waals surface area (Å²) in [5, 5.41) is 0.868. The molecule has 130 valence electrons. The zero-order valence-electron chi connectivity index (χ0n) is 13.4. The van der Waals surface area contributed by atoms with E-state index in [2.05, 4.69) is 40.2 Å². The first kappa shape index (κ1) is 18.8. The maximum Gasteiger partial charge on any atom is 0.104 e. The van der Waals surface area contributed by atoms with Gasteiger partial charge in [0.2, 0.25) is 0 Å². The number of halogens is 1. The van der Waals surface area contributed by atoms with E-state index in [0.717, 1.165) is 10.9 Å². The lowest BCUT2D eigenvalue weighted by Crippen LogP contribution is -2.29. The Morgan fingerprint density at radius 1 is 0.870 bits per heavy atom. The predicted octanol–water partition coefficient (Wildman–Crippen LogP) is 2.55. The molecule has 1 aromatic rings. The van der Waals surface area contributed by atoms with E-state index in [1.807, 2.05) is 0 Å². The monoisotopic (exact) mass is 388 g/mol. The fraction of sp³-hybridized carbons (Fsp3) is 0.647. The summed E-state index contributed by atoms with van der Waals surface area (Å²) in [7, 11) is 0. The molecule has 0 radical (unpaired) electrons. The lowest BCUT2D eigenvalue weighted by molar-refractivity contribution is -0.0921. The van der Waals surface area contributed by atoms with Crippen molar-refractivity contribution in [3.63, 3.8) is 0 Å². The van der Waals surface area contributed by atoms with Crippen LogP contribution in [0.1, 0.15) is 11.1 Å². The number of benzene rings is 1. The number of hydrogen-bond acceptors (Lipinski definition) is 5. The van der Waals surface area contributed by atoms with Crippen molar-refractivity contribution in [3.8, 4) is 0 Å². The van der Waals surface area contributed by atoms with Crippen LogP contribution in [0.25, 0.3) is 0 Å². The van der Waals surface area contributed by atoms with Crippen LogP contribution in [0.2, 0.25) is 0 Å². The van der Waals surface area contributed by atoms with Crippen LogP contribution in [-0.2, 0) is 35.6 Å². The van der Waals surface area contributed by atoms with Gasteiger partial charge in [0.1, 0.15) is 6.10 Å². The van der Waals surface area contributed by atoms with E-state index in [4.69, 9.17) is 23.7 Å². The van der Waals surface area contributed by atoms with E-state index in [1.165, 1.54) is 5.56 Å². The van der Waals surface area contributed by atoms with Gasteiger partial charge in [-0.05, 0) is 11.1 Å². The maximum absolute atomic E-state index is 5.77. The van der Waals surface area contributed by atoms with Crippen LogP contribution in [0.4, 0.5) is 0 Å². The number of hydrogen-bond donors (Lipinski definition) is 0. The Hall–Kier alpha value is -0.500. The summed E-state index contributed by atoms with van der Waals surface area (Å²) in [6.07, 6.45) is -0.0835. The van der Waals surface area contributed by atoms with Crippen molar-refractivity contribution in [1.29, 1.82) is 0 Å². The smallest absolute Gasteiger partial charge is 0.104 e. The predicted molar refractivity (Wildman–Crippen MR) is 90.9 cm³/mol. The van der Waals surface area contributed by atoms with Gasteiger partial charge in [0.25, 0.3) is 0 Å². The highest BCUT2D eigenvalue weighted by molar-refractivity contribution is 9.08. The molecule has 1 aliphatic heterocycles. The van der Waals surface area contributed by atoms with Crippen molar-refractivity contribution in [2.45, 2.75) is 18.0 Å². The number of ether oxygens (including phenoxy) is 5. The molecule has 0 N–H and O–H groups in total. The SMILES string of the molecule is BrCc1ccc(COCC2COCCOCCOCCO2)cc1. The summed E-state index contributed by atoms with van der Waals surface area (Å²) in [5.41, 5.74) is 2.41. The van der Waals surface area contributed by atoms with Gasteiger partial charge in [-0.1, -0.05) is 40.2 Å². The molecule has 0 aromatic heterocycles. The molecule has 0 spiro atoms. The summed E-state index contributed by atoms with van der Waals surface area (Å²) in [6, 6.07) is 8.36. The summed E-state index contributed by atoms with van der Waals surface area (Å²) < 4.78 is 27.9. The van der Waals surface area contributed by atoms with Gasteiger partial charge in [-0.25, -0.2) is 0 Å². The van der Waals surface area contributed by atoms with Crippen LogP contribution in [-0.4, -0.2) is 59.0 Å². The van der Waals surface area contributed by atoms with E-state index >= 15 is 0 Å². The number of rotatable bonds is 5. The molecule has 0 amide bonds. The Labute approximate surface area is 146 Å². The van der Waals surface area contributed by atoms with E-state index in [0.29, 0.717) is 59.5 Å². The third-order valence-electron chi connectivity index (χ3n) is 3.38. The Bertz CT molecular complexity index is 400. The van der Waals surface area contributed by atoms with Crippen LogP contribution < -0.4 is 0 Å². The molecular formula is C17H25BrO5. The zero-order valence-corrected chi connectivity index (χ0v) is 15.0. The molecule has 6 heteroatoms. The van der Waals surface area contributed by atoms with Crippen molar-refractivity contribution < 1.29 is 23.7 Å². The molecule has 1 unspecified atom stereocenters. The van der Waals surface area contributed by atoms with E-state index in [-0.39, 0.29) is 6.10 Å². The van der Waals surface area contributed by atoms with Crippen LogP contribution in [0.15, 0.2) is 24.3 Å². The molecule has 1 fully saturated rings. The summed E-state index contributed by atoms with van der Waals surface area (Å²) >= 11 is 3.44. The fourth-order valence-corrected chi connectivity index (χ4v) is 2.48. The molecular weight excluding hydrogens is 364 g/mol. The third-order valence-corrected chi connectivity index (χ3v) is 4.03. The fourth-order valence-electron chi connectivity index (χ4n) is 2.11. The van der Waals surface area contributed by atoms with Gasteiger partial charge in [0.15, 0.2) is 0 Å². The Morgan fingerprint density at radius 3 is 2.17 bits per heavy atom. The molecule has 0 saturated carbocycles. The lowest BCUT2D eigenvalue weighted by Gasteiger charge is -2.19. The minimum atomic E-state index is -0.0835. The van der Waals surface area contributed by atoms with Gasteiger partial charge in [-0.15, -0.1) is 0 Å².